The van der Waals surface area contributed by atoms with Gasteiger partial charge in [-0.25, -0.2) is 24.8 Å². The van der Waals surface area contributed by atoms with Crippen LogP contribution in [-0.2, 0) is 4.79 Å². The molecular weight excluding hydrogens is 370 g/mol. The Hall–Kier alpha value is -3.23. The smallest absolute Gasteiger partial charge is 0.347 e. The minimum atomic E-state index is -1.02. The topological polar surface area (TPSA) is 124 Å². The van der Waals surface area contributed by atoms with E-state index in [4.69, 9.17) is 11.5 Å². The van der Waals surface area contributed by atoms with Crippen LogP contribution in [-0.4, -0.2) is 63.1 Å². The fourth-order valence-corrected chi connectivity index (χ4v) is 3.20. The summed E-state index contributed by atoms with van der Waals surface area (Å²) in [7, 11) is 0. The minimum Gasteiger partial charge on any atom is -0.477 e. The Labute approximate surface area is 159 Å². The van der Waals surface area contributed by atoms with Crippen LogP contribution in [0.5, 0.6) is 0 Å². The summed E-state index contributed by atoms with van der Waals surface area (Å²) in [5.74, 6) is 2.40. The number of nitrogens with one attached hydrogen (secondary N) is 2. The zero-order valence-electron chi connectivity index (χ0n) is 14.5. The van der Waals surface area contributed by atoms with Gasteiger partial charge in [-0.2, -0.15) is 0 Å². The Kier molecular flexibility index (Phi) is 5.49. The van der Waals surface area contributed by atoms with Crippen molar-refractivity contribution in [1.29, 1.82) is 0 Å². The summed E-state index contributed by atoms with van der Waals surface area (Å²) in [5.41, 5.74) is 2.64. The van der Waals surface area contributed by atoms with E-state index in [0.29, 0.717) is 43.0 Å². The second-order valence-corrected chi connectivity index (χ2v) is 6.71. The standard InChI is InChI=1S/C16H17N7O3S/c1-3-14(24)21-23-6-4-22(5-7-23)13-8-12(18-10(2)19-13)20-16-17-9-11(27-16)15(25)26/h1,8-9H,4-7H2,2H3,(H,21,24)(H,25,26)(H,17,18,19,20). The summed E-state index contributed by atoms with van der Waals surface area (Å²) in [6.45, 7) is 4.30. The molecule has 0 spiro atoms. The quantitative estimate of drug-likeness (QED) is 0.628. The molecule has 1 aliphatic rings. The van der Waals surface area contributed by atoms with Gasteiger partial charge in [0.25, 0.3) is 0 Å². The van der Waals surface area contributed by atoms with E-state index in [1.54, 1.807) is 18.0 Å². The highest BCUT2D eigenvalue weighted by Gasteiger charge is 2.20. The van der Waals surface area contributed by atoms with Crippen molar-refractivity contribution in [3.63, 3.8) is 0 Å². The molecule has 3 N–H and O–H groups in total. The number of rotatable bonds is 5. The summed E-state index contributed by atoms with van der Waals surface area (Å²) < 4.78 is 0. The molecule has 0 radical (unpaired) electrons. The van der Waals surface area contributed by atoms with Crippen molar-refractivity contribution in [2.45, 2.75) is 6.92 Å². The maximum atomic E-state index is 11.3. The number of anilines is 3. The lowest BCUT2D eigenvalue weighted by Crippen LogP contribution is -2.53. The first kappa shape index (κ1) is 18.6. The zero-order valence-corrected chi connectivity index (χ0v) is 15.3. The molecule has 0 bridgehead atoms. The number of aromatic nitrogens is 3. The van der Waals surface area contributed by atoms with Crippen molar-refractivity contribution in [1.82, 2.24) is 25.4 Å². The van der Waals surface area contributed by atoms with Gasteiger partial charge in [-0.15, -0.1) is 6.42 Å². The third-order valence-electron chi connectivity index (χ3n) is 3.77. The molecule has 1 fully saturated rings. The minimum absolute atomic E-state index is 0.147. The highest BCUT2D eigenvalue weighted by molar-refractivity contribution is 7.17. The Bertz CT molecular complexity index is 900. The lowest BCUT2D eigenvalue weighted by molar-refractivity contribution is -0.120. The molecule has 0 atom stereocenters. The Balaban J connectivity index is 1.68. The summed E-state index contributed by atoms with van der Waals surface area (Å²) in [6.07, 6.45) is 6.36. The van der Waals surface area contributed by atoms with E-state index in [9.17, 15) is 9.59 Å². The number of hydrogen-bond donors (Lipinski definition) is 3. The number of hydrogen-bond acceptors (Lipinski definition) is 9. The van der Waals surface area contributed by atoms with Crippen LogP contribution < -0.4 is 15.6 Å². The lowest BCUT2D eigenvalue weighted by atomic mass is 10.3. The number of thiazole rings is 1. The third kappa shape index (κ3) is 4.69. The number of carboxylic acid groups (broad SMARTS) is 1. The molecule has 1 amide bonds. The number of piperazine rings is 1. The molecule has 0 saturated carbocycles. The van der Waals surface area contributed by atoms with Crippen LogP contribution in [0.4, 0.5) is 16.8 Å². The van der Waals surface area contributed by atoms with Gasteiger partial charge in [0.15, 0.2) is 5.13 Å². The number of aromatic carboxylic acids is 1. The van der Waals surface area contributed by atoms with Gasteiger partial charge in [0.1, 0.15) is 22.3 Å². The van der Waals surface area contributed by atoms with Gasteiger partial charge in [0.2, 0.25) is 0 Å². The van der Waals surface area contributed by atoms with E-state index in [0.717, 1.165) is 17.2 Å². The number of aryl methyl sites for hydroxylation is 1. The van der Waals surface area contributed by atoms with Gasteiger partial charge in [-0.3, -0.25) is 10.2 Å². The molecule has 0 aliphatic carbocycles. The average molecular weight is 387 g/mol. The van der Waals surface area contributed by atoms with E-state index in [2.05, 4.69) is 30.6 Å². The largest absolute Gasteiger partial charge is 0.477 e. The van der Waals surface area contributed by atoms with Crippen LogP contribution in [0, 0.1) is 19.3 Å². The molecule has 10 nitrogen and oxygen atoms in total. The van der Waals surface area contributed by atoms with Crippen molar-refractivity contribution >= 4 is 40.0 Å². The molecule has 27 heavy (non-hydrogen) atoms. The molecule has 1 aliphatic heterocycles. The monoisotopic (exact) mass is 387 g/mol. The number of nitrogens with zero attached hydrogens (tertiary/aromatic N) is 5. The van der Waals surface area contributed by atoms with Crippen molar-refractivity contribution in [3.8, 4) is 12.3 Å². The van der Waals surface area contributed by atoms with Crippen LogP contribution in [0.3, 0.4) is 0 Å². The first-order chi connectivity index (χ1) is 12.9. The number of amides is 1. The molecule has 0 aromatic carbocycles. The Morgan fingerprint density at radius 3 is 2.67 bits per heavy atom. The van der Waals surface area contributed by atoms with Gasteiger partial charge >= 0.3 is 11.9 Å². The lowest BCUT2D eigenvalue weighted by Gasteiger charge is -2.35. The summed E-state index contributed by atoms with van der Waals surface area (Å²) >= 11 is 1.03. The molecule has 11 heteroatoms. The summed E-state index contributed by atoms with van der Waals surface area (Å²) in [4.78, 5) is 37.3. The number of carbonyl (C=O) groups excluding carboxylic acids is 1. The van der Waals surface area contributed by atoms with Gasteiger partial charge in [0, 0.05) is 32.2 Å². The first-order valence-electron chi connectivity index (χ1n) is 8.03. The predicted molar refractivity (Wildman–Crippen MR) is 99.9 cm³/mol. The molecule has 2 aromatic rings. The maximum absolute atomic E-state index is 11.3. The number of carbonyl (C=O) groups is 2. The molecular formula is C16H17N7O3S. The van der Waals surface area contributed by atoms with Crippen molar-refractivity contribution < 1.29 is 14.7 Å². The molecule has 1 saturated heterocycles. The van der Waals surface area contributed by atoms with E-state index in [1.165, 1.54) is 6.20 Å². The maximum Gasteiger partial charge on any atom is 0.347 e. The summed E-state index contributed by atoms with van der Waals surface area (Å²) in [6, 6.07) is 1.78. The predicted octanol–water partition coefficient (Wildman–Crippen LogP) is 0.470. The summed E-state index contributed by atoms with van der Waals surface area (Å²) in [5, 5.41) is 14.2. The second-order valence-electron chi connectivity index (χ2n) is 5.68. The molecule has 3 heterocycles. The highest BCUT2D eigenvalue weighted by Crippen LogP contribution is 2.24. The van der Waals surface area contributed by atoms with Crippen LogP contribution in [0.1, 0.15) is 15.5 Å². The second kappa shape index (κ2) is 7.98. The van der Waals surface area contributed by atoms with Gasteiger partial charge in [0.05, 0.1) is 6.20 Å². The van der Waals surface area contributed by atoms with Gasteiger partial charge < -0.3 is 15.3 Å². The first-order valence-corrected chi connectivity index (χ1v) is 8.85. The van der Waals surface area contributed by atoms with Crippen LogP contribution in [0.25, 0.3) is 0 Å². The number of terminal acetylenes is 1. The molecule has 140 valence electrons. The van der Waals surface area contributed by atoms with Gasteiger partial charge in [-0.1, -0.05) is 11.3 Å². The van der Waals surface area contributed by atoms with Crippen LogP contribution in [0.15, 0.2) is 12.3 Å². The van der Waals surface area contributed by atoms with Crippen LogP contribution in [0.2, 0.25) is 0 Å². The van der Waals surface area contributed by atoms with Crippen molar-refractivity contribution in [2.24, 2.45) is 0 Å². The van der Waals surface area contributed by atoms with E-state index in [-0.39, 0.29) is 4.88 Å². The van der Waals surface area contributed by atoms with E-state index < -0.39 is 11.9 Å². The van der Waals surface area contributed by atoms with Crippen LogP contribution >= 0.6 is 11.3 Å². The number of hydrazine groups is 1. The fourth-order valence-electron chi connectivity index (χ4n) is 2.54. The zero-order chi connectivity index (χ0) is 19.4. The molecule has 2 aromatic heterocycles. The molecule has 3 rings (SSSR count). The number of carboxylic acids is 1. The Morgan fingerprint density at radius 1 is 1.30 bits per heavy atom. The van der Waals surface area contributed by atoms with Crippen molar-refractivity contribution in [2.75, 3.05) is 36.4 Å². The fraction of sp³-hybridized carbons (Fsp3) is 0.312. The third-order valence-corrected chi connectivity index (χ3v) is 4.67. The normalized spacial score (nSPS) is 14.4. The van der Waals surface area contributed by atoms with Crippen molar-refractivity contribution in [3.05, 3.63) is 23.0 Å². The van der Waals surface area contributed by atoms with Gasteiger partial charge in [-0.05, 0) is 12.8 Å². The SMILES string of the molecule is C#CC(=O)NN1CCN(c2cc(Nc3ncc(C(=O)O)s3)nc(C)n2)CC1. The highest BCUT2D eigenvalue weighted by atomic mass is 32.1. The van der Waals surface area contributed by atoms with E-state index >= 15 is 0 Å². The van der Waals surface area contributed by atoms with E-state index in [1.807, 2.05) is 5.92 Å². The Morgan fingerprint density at radius 2 is 2.04 bits per heavy atom. The average Bonchev–Trinajstić information content (AvgIpc) is 3.10. The molecule has 0 unspecified atom stereocenters.